The van der Waals surface area contributed by atoms with Crippen molar-refractivity contribution >= 4 is 45.5 Å². The predicted molar refractivity (Wildman–Crippen MR) is 102 cm³/mol. The summed E-state index contributed by atoms with van der Waals surface area (Å²) >= 11 is 13.2. The maximum Gasteiger partial charge on any atom is 0.346 e. The molecule has 1 aliphatic rings. The molecule has 1 saturated heterocycles. The Morgan fingerprint density at radius 2 is 1.84 bits per heavy atom. The third kappa shape index (κ3) is 3.62. The SMILES string of the molecule is N#Cc1c(N2CCCCCC2)sc(C(=O)O)c1-c1ccc(Cl)c(Cl)c1. The molecule has 0 atom stereocenters. The minimum atomic E-state index is -1.04. The largest absolute Gasteiger partial charge is 0.477 e. The summed E-state index contributed by atoms with van der Waals surface area (Å²) in [6.07, 6.45) is 4.42. The average molecular weight is 395 g/mol. The van der Waals surface area contributed by atoms with E-state index in [0.717, 1.165) is 43.8 Å². The molecule has 2 aromatic rings. The molecule has 1 aromatic heterocycles. The Morgan fingerprint density at radius 3 is 2.40 bits per heavy atom. The van der Waals surface area contributed by atoms with Crippen LogP contribution in [0.1, 0.15) is 40.9 Å². The van der Waals surface area contributed by atoms with E-state index in [1.165, 1.54) is 11.3 Å². The van der Waals surface area contributed by atoms with Gasteiger partial charge in [0.2, 0.25) is 0 Å². The molecule has 130 valence electrons. The highest BCUT2D eigenvalue weighted by molar-refractivity contribution is 7.18. The fraction of sp³-hybridized carbons (Fsp3) is 0.333. The van der Waals surface area contributed by atoms with Gasteiger partial charge in [-0.2, -0.15) is 5.26 Å². The van der Waals surface area contributed by atoms with Crippen molar-refractivity contribution in [3.63, 3.8) is 0 Å². The van der Waals surface area contributed by atoms with Gasteiger partial charge in [-0.25, -0.2) is 4.79 Å². The summed E-state index contributed by atoms with van der Waals surface area (Å²) < 4.78 is 0. The van der Waals surface area contributed by atoms with Gasteiger partial charge in [-0.05, 0) is 30.5 Å². The zero-order chi connectivity index (χ0) is 18.0. The van der Waals surface area contributed by atoms with Crippen molar-refractivity contribution in [2.75, 3.05) is 18.0 Å². The second kappa shape index (κ2) is 7.65. The molecule has 3 rings (SSSR count). The van der Waals surface area contributed by atoms with Crippen molar-refractivity contribution in [2.45, 2.75) is 25.7 Å². The fourth-order valence-electron chi connectivity index (χ4n) is 3.10. The van der Waals surface area contributed by atoms with Gasteiger partial charge in [0.25, 0.3) is 0 Å². The molecule has 4 nitrogen and oxygen atoms in total. The first-order chi connectivity index (χ1) is 12.0. The van der Waals surface area contributed by atoms with Crippen molar-refractivity contribution in [1.82, 2.24) is 0 Å². The predicted octanol–water partition coefficient (Wildman–Crippen LogP) is 5.67. The second-order valence-electron chi connectivity index (χ2n) is 5.93. The van der Waals surface area contributed by atoms with E-state index >= 15 is 0 Å². The molecule has 0 unspecified atom stereocenters. The van der Waals surface area contributed by atoms with Gasteiger partial charge in [-0.1, -0.05) is 42.1 Å². The van der Waals surface area contributed by atoms with Crippen LogP contribution in [0.15, 0.2) is 18.2 Å². The smallest absolute Gasteiger partial charge is 0.346 e. The topological polar surface area (TPSA) is 64.3 Å². The minimum absolute atomic E-state index is 0.161. The maximum absolute atomic E-state index is 11.8. The van der Waals surface area contributed by atoms with Crippen LogP contribution in [0.3, 0.4) is 0 Å². The maximum atomic E-state index is 11.8. The normalized spacial score (nSPS) is 14.8. The van der Waals surface area contributed by atoms with Crippen LogP contribution in [0.4, 0.5) is 5.00 Å². The van der Waals surface area contributed by atoms with E-state index in [-0.39, 0.29) is 4.88 Å². The monoisotopic (exact) mass is 394 g/mol. The Labute approximate surface area is 160 Å². The van der Waals surface area contributed by atoms with Gasteiger partial charge in [0.05, 0.1) is 15.6 Å². The summed E-state index contributed by atoms with van der Waals surface area (Å²) in [7, 11) is 0. The third-order valence-corrected chi connectivity index (χ3v) is 6.27. The Bertz CT molecular complexity index is 849. The average Bonchev–Trinajstić information content (AvgIpc) is 2.77. The van der Waals surface area contributed by atoms with Crippen LogP contribution in [0, 0.1) is 11.3 Å². The Hall–Kier alpha value is -1.74. The molecular weight excluding hydrogens is 379 g/mol. The molecule has 0 bridgehead atoms. The van der Waals surface area contributed by atoms with Crippen molar-refractivity contribution < 1.29 is 9.90 Å². The molecule has 0 saturated carbocycles. The number of benzene rings is 1. The number of carbonyl (C=O) groups is 1. The molecule has 25 heavy (non-hydrogen) atoms. The summed E-state index contributed by atoms with van der Waals surface area (Å²) in [6.45, 7) is 1.68. The number of carboxylic acids is 1. The van der Waals surface area contributed by atoms with Gasteiger partial charge in [-0.15, -0.1) is 11.3 Å². The summed E-state index contributed by atoms with van der Waals surface area (Å²) in [5, 5.41) is 20.9. The van der Waals surface area contributed by atoms with Crippen molar-refractivity contribution in [3.05, 3.63) is 38.7 Å². The second-order valence-corrected chi connectivity index (χ2v) is 7.75. The number of anilines is 1. The molecule has 1 N–H and O–H groups in total. The number of halogens is 2. The highest BCUT2D eigenvalue weighted by Gasteiger charge is 2.27. The van der Waals surface area contributed by atoms with Crippen LogP contribution in [-0.4, -0.2) is 24.2 Å². The quantitative estimate of drug-likeness (QED) is 0.727. The van der Waals surface area contributed by atoms with Gasteiger partial charge < -0.3 is 10.0 Å². The highest BCUT2D eigenvalue weighted by atomic mass is 35.5. The molecule has 0 radical (unpaired) electrons. The van der Waals surface area contributed by atoms with E-state index in [0.29, 0.717) is 26.7 Å². The number of hydrogen-bond acceptors (Lipinski definition) is 4. The Morgan fingerprint density at radius 1 is 1.16 bits per heavy atom. The van der Waals surface area contributed by atoms with E-state index in [1.807, 2.05) is 0 Å². The summed E-state index contributed by atoms with van der Waals surface area (Å²) in [6, 6.07) is 7.16. The number of nitrogens with zero attached hydrogens (tertiary/aromatic N) is 2. The van der Waals surface area contributed by atoms with E-state index in [4.69, 9.17) is 23.2 Å². The van der Waals surface area contributed by atoms with Crippen LogP contribution >= 0.6 is 34.5 Å². The highest BCUT2D eigenvalue weighted by Crippen LogP contribution is 2.43. The lowest BCUT2D eigenvalue weighted by atomic mass is 10.0. The number of carboxylic acid groups (broad SMARTS) is 1. The molecule has 2 heterocycles. The first-order valence-corrected chi connectivity index (χ1v) is 9.60. The van der Waals surface area contributed by atoms with Gasteiger partial charge in [0.1, 0.15) is 15.9 Å². The van der Waals surface area contributed by atoms with Gasteiger partial charge in [0, 0.05) is 18.7 Å². The Balaban J connectivity index is 2.17. The summed E-state index contributed by atoms with van der Waals surface area (Å²) in [5.41, 5.74) is 1.43. The first-order valence-electron chi connectivity index (χ1n) is 8.03. The van der Waals surface area contributed by atoms with Crippen LogP contribution in [-0.2, 0) is 0 Å². The van der Waals surface area contributed by atoms with Gasteiger partial charge >= 0.3 is 5.97 Å². The molecule has 1 aliphatic heterocycles. The van der Waals surface area contributed by atoms with Gasteiger partial charge in [-0.3, -0.25) is 0 Å². The lowest BCUT2D eigenvalue weighted by Crippen LogP contribution is -2.23. The summed E-state index contributed by atoms with van der Waals surface area (Å²) in [4.78, 5) is 14.1. The van der Waals surface area contributed by atoms with E-state index in [9.17, 15) is 15.2 Å². The lowest BCUT2D eigenvalue weighted by molar-refractivity contribution is 0.0703. The zero-order valence-corrected chi connectivity index (χ0v) is 15.7. The number of thiophene rings is 1. The van der Waals surface area contributed by atoms with Crippen LogP contribution in [0.5, 0.6) is 0 Å². The standard InChI is InChI=1S/C18H16Cl2N2O2S/c19-13-6-5-11(9-14(13)20)15-12(10-21)17(25-16(15)18(23)24)22-7-3-1-2-4-8-22/h5-6,9H,1-4,7-8H2,(H,23,24). The minimum Gasteiger partial charge on any atom is -0.477 e. The molecule has 0 spiro atoms. The number of nitriles is 1. The van der Waals surface area contributed by atoms with Crippen LogP contribution in [0.25, 0.3) is 11.1 Å². The first kappa shape index (κ1) is 18.1. The number of hydrogen-bond donors (Lipinski definition) is 1. The Kier molecular flexibility index (Phi) is 5.53. The van der Waals surface area contributed by atoms with Gasteiger partial charge in [0.15, 0.2) is 0 Å². The fourth-order valence-corrected chi connectivity index (χ4v) is 4.56. The van der Waals surface area contributed by atoms with E-state index < -0.39 is 5.97 Å². The molecule has 0 aliphatic carbocycles. The number of aromatic carboxylic acids is 1. The van der Waals surface area contributed by atoms with Crippen molar-refractivity contribution in [2.24, 2.45) is 0 Å². The molecule has 7 heteroatoms. The van der Waals surface area contributed by atoms with Crippen molar-refractivity contribution in [1.29, 1.82) is 5.26 Å². The zero-order valence-electron chi connectivity index (χ0n) is 13.4. The molecule has 1 aromatic carbocycles. The molecular formula is C18H16Cl2N2O2S. The van der Waals surface area contributed by atoms with Crippen LogP contribution < -0.4 is 4.90 Å². The van der Waals surface area contributed by atoms with Crippen LogP contribution in [0.2, 0.25) is 10.0 Å². The van der Waals surface area contributed by atoms with E-state index in [2.05, 4.69) is 11.0 Å². The number of rotatable bonds is 3. The van der Waals surface area contributed by atoms with Crippen molar-refractivity contribution in [3.8, 4) is 17.2 Å². The van der Waals surface area contributed by atoms with E-state index in [1.54, 1.807) is 18.2 Å². The lowest BCUT2D eigenvalue weighted by Gasteiger charge is -2.21. The summed E-state index contributed by atoms with van der Waals surface area (Å²) in [5.74, 6) is -1.04. The third-order valence-electron chi connectivity index (χ3n) is 4.30. The molecule has 1 fully saturated rings. The molecule has 0 amide bonds.